The summed E-state index contributed by atoms with van der Waals surface area (Å²) < 4.78 is 19.0. The van der Waals surface area contributed by atoms with E-state index in [0.717, 1.165) is 80.0 Å². The summed E-state index contributed by atoms with van der Waals surface area (Å²) in [7, 11) is 4.83. The summed E-state index contributed by atoms with van der Waals surface area (Å²) in [5.74, 6) is 2.86. The molecule has 1 N–H and O–H groups in total. The van der Waals surface area contributed by atoms with E-state index in [-0.39, 0.29) is 5.91 Å². The molecule has 0 saturated carbocycles. The van der Waals surface area contributed by atoms with Gasteiger partial charge in [-0.25, -0.2) is 4.98 Å². The lowest BCUT2D eigenvalue weighted by atomic mass is 9.77. The van der Waals surface area contributed by atoms with Gasteiger partial charge in [-0.1, -0.05) is 48.5 Å². The van der Waals surface area contributed by atoms with Crippen LogP contribution in [0.25, 0.3) is 11.0 Å². The molecule has 0 spiro atoms. The summed E-state index contributed by atoms with van der Waals surface area (Å²) in [6, 6.07) is 29.0. The Labute approximate surface area is 300 Å². The Morgan fingerprint density at radius 3 is 2.25 bits per heavy atom. The molecule has 0 radical (unpaired) electrons. The highest BCUT2D eigenvalue weighted by molar-refractivity contribution is 5.85. The number of likely N-dealkylation sites (tertiary alicyclic amines) is 2. The molecule has 1 unspecified atom stereocenters. The lowest BCUT2D eigenvalue weighted by molar-refractivity contribution is -0.137. The largest absolute Gasteiger partial charge is 0.493 e. The highest BCUT2D eigenvalue weighted by Gasteiger charge is 2.46. The molecule has 266 valence electrons. The van der Waals surface area contributed by atoms with Crippen molar-refractivity contribution < 1.29 is 19.0 Å². The van der Waals surface area contributed by atoms with Gasteiger partial charge in [0.1, 0.15) is 0 Å². The van der Waals surface area contributed by atoms with E-state index in [1.807, 2.05) is 47.5 Å². The molecule has 2 fully saturated rings. The number of pyridine rings is 1. The fourth-order valence-electron chi connectivity index (χ4n) is 7.82. The van der Waals surface area contributed by atoms with Crippen LogP contribution in [-0.4, -0.2) is 83.8 Å². The van der Waals surface area contributed by atoms with Gasteiger partial charge < -0.3 is 33.9 Å². The SMILES string of the molecule is COc1cc(CN2CCC(CCN3CCC(Nc4nc5ccccc5n4Cc4ccccn4)CC3)(Cc3ccccc3)C2=O)cc(OC)c1OC. The minimum Gasteiger partial charge on any atom is -0.493 e. The van der Waals surface area contributed by atoms with Gasteiger partial charge in [0, 0.05) is 38.4 Å². The third-order valence-corrected chi connectivity index (χ3v) is 10.6. The first-order valence-corrected chi connectivity index (χ1v) is 17.9. The van der Waals surface area contributed by atoms with Gasteiger partial charge in [0.15, 0.2) is 11.5 Å². The number of carbonyl (C=O) groups excluding carboxylic acids is 1. The number of para-hydroxylation sites is 2. The molecule has 10 nitrogen and oxygen atoms in total. The maximum Gasteiger partial charge on any atom is 0.229 e. The Morgan fingerprint density at radius 2 is 1.55 bits per heavy atom. The van der Waals surface area contributed by atoms with Crippen LogP contribution >= 0.6 is 0 Å². The number of nitrogens with one attached hydrogen (secondary N) is 1. The van der Waals surface area contributed by atoms with E-state index in [0.29, 0.717) is 42.9 Å². The Morgan fingerprint density at radius 1 is 0.824 bits per heavy atom. The first-order chi connectivity index (χ1) is 25.0. The zero-order valence-corrected chi connectivity index (χ0v) is 29.9. The summed E-state index contributed by atoms with van der Waals surface area (Å²) in [6.45, 7) is 4.71. The summed E-state index contributed by atoms with van der Waals surface area (Å²) in [5, 5.41) is 3.79. The summed E-state index contributed by atoms with van der Waals surface area (Å²) in [5.41, 5.74) is 4.80. The van der Waals surface area contributed by atoms with E-state index >= 15 is 0 Å². The quantitative estimate of drug-likeness (QED) is 0.143. The standard InChI is InChI=1S/C41H48N6O4/c1-49-36-25-31(26-37(50-2)38(36)51-3)28-46-24-19-41(39(46)48,27-30-11-5-4-6-12-30)18-23-45-21-16-32(17-22-45)43-40-44-34-14-7-8-15-35(34)47(40)29-33-13-9-10-20-42-33/h4-15,20,25-26,32H,16-19,21-24,27-29H2,1-3H3,(H,43,44). The van der Waals surface area contributed by atoms with Crippen molar-refractivity contribution in [3.63, 3.8) is 0 Å². The van der Waals surface area contributed by atoms with Crippen LogP contribution in [-0.2, 0) is 24.3 Å². The number of fused-ring (bicyclic) bond motifs is 1. The van der Waals surface area contributed by atoms with Gasteiger partial charge in [0.05, 0.1) is 50.0 Å². The normalized spacial score (nSPS) is 18.3. The topological polar surface area (TPSA) is 94.0 Å². The van der Waals surface area contributed by atoms with Crippen molar-refractivity contribution in [2.45, 2.75) is 51.2 Å². The predicted molar refractivity (Wildman–Crippen MR) is 199 cm³/mol. The molecular formula is C41H48N6O4. The number of ether oxygens (including phenoxy) is 3. The molecule has 0 bridgehead atoms. The molecule has 4 heterocycles. The summed E-state index contributed by atoms with van der Waals surface area (Å²) >= 11 is 0. The van der Waals surface area contributed by atoms with E-state index in [1.54, 1.807) is 21.3 Å². The molecule has 7 rings (SSSR count). The fraction of sp³-hybridized carbons (Fsp3) is 0.390. The van der Waals surface area contributed by atoms with Crippen molar-refractivity contribution in [1.82, 2.24) is 24.3 Å². The predicted octanol–water partition coefficient (Wildman–Crippen LogP) is 6.43. The first kappa shape index (κ1) is 34.4. The minimum absolute atomic E-state index is 0.225. The van der Waals surface area contributed by atoms with E-state index in [1.165, 1.54) is 5.56 Å². The zero-order valence-electron chi connectivity index (χ0n) is 29.9. The second-order valence-electron chi connectivity index (χ2n) is 13.8. The van der Waals surface area contributed by atoms with Crippen LogP contribution in [0.3, 0.4) is 0 Å². The fourth-order valence-corrected chi connectivity index (χ4v) is 7.82. The molecule has 1 atom stereocenters. The van der Waals surface area contributed by atoms with Crippen LogP contribution in [0.1, 0.15) is 42.5 Å². The number of hydrogen-bond donors (Lipinski definition) is 1. The molecule has 1 amide bonds. The van der Waals surface area contributed by atoms with E-state index in [2.05, 4.69) is 68.3 Å². The highest BCUT2D eigenvalue weighted by Crippen LogP contribution is 2.42. The maximum absolute atomic E-state index is 14.4. The van der Waals surface area contributed by atoms with Crippen LogP contribution in [0, 0.1) is 5.41 Å². The molecule has 51 heavy (non-hydrogen) atoms. The molecule has 2 saturated heterocycles. The number of hydrogen-bond acceptors (Lipinski definition) is 8. The third kappa shape index (κ3) is 7.51. The smallest absolute Gasteiger partial charge is 0.229 e. The Hall–Kier alpha value is -5.09. The van der Waals surface area contributed by atoms with Crippen LogP contribution in [0.15, 0.2) is 91.1 Å². The van der Waals surface area contributed by atoms with Crippen LogP contribution in [0.2, 0.25) is 0 Å². The van der Waals surface area contributed by atoms with Gasteiger partial charge in [-0.05, 0) is 86.2 Å². The van der Waals surface area contributed by atoms with Crippen LogP contribution < -0.4 is 19.5 Å². The lowest BCUT2D eigenvalue weighted by Gasteiger charge is -2.35. The Kier molecular flexibility index (Phi) is 10.4. The van der Waals surface area contributed by atoms with Crippen molar-refractivity contribution in [3.8, 4) is 17.2 Å². The highest BCUT2D eigenvalue weighted by atomic mass is 16.5. The maximum atomic E-state index is 14.4. The van der Waals surface area contributed by atoms with Gasteiger partial charge in [0.2, 0.25) is 17.6 Å². The van der Waals surface area contributed by atoms with Crippen molar-refractivity contribution in [3.05, 3.63) is 108 Å². The van der Waals surface area contributed by atoms with Gasteiger partial charge in [-0.2, -0.15) is 0 Å². The van der Waals surface area contributed by atoms with Crippen LogP contribution in [0.4, 0.5) is 5.95 Å². The average Bonchev–Trinajstić information content (AvgIpc) is 3.67. The number of amides is 1. The molecule has 2 aromatic heterocycles. The Bertz CT molecular complexity index is 1900. The van der Waals surface area contributed by atoms with Crippen molar-refractivity contribution in [2.75, 3.05) is 52.8 Å². The van der Waals surface area contributed by atoms with Gasteiger partial charge in [0.25, 0.3) is 0 Å². The van der Waals surface area contributed by atoms with E-state index in [4.69, 9.17) is 19.2 Å². The number of methoxy groups -OCH3 is 3. The first-order valence-electron chi connectivity index (χ1n) is 17.9. The monoisotopic (exact) mass is 688 g/mol. The second-order valence-corrected chi connectivity index (χ2v) is 13.8. The lowest BCUT2D eigenvalue weighted by Crippen LogP contribution is -2.43. The molecule has 2 aliphatic heterocycles. The van der Waals surface area contributed by atoms with Crippen molar-refractivity contribution in [2.24, 2.45) is 5.41 Å². The second kappa shape index (κ2) is 15.4. The number of rotatable bonds is 14. The molecule has 5 aromatic rings. The number of benzene rings is 3. The Balaban J connectivity index is 1.02. The molecule has 2 aliphatic rings. The number of anilines is 1. The number of nitrogens with zero attached hydrogens (tertiary/aromatic N) is 5. The molecule has 10 heteroatoms. The van der Waals surface area contributed by atoms with Crippen molar-refractivity contribution in [1.29, 1.82) is 0 Å². The summed E-state index contributed by atoms with van der Waals surface area (Å²) in [4.78, 5) is 28.5. The van der Waals surface area contributed by atoms with Gasteiger partial charge in [-0.15, -0.1) is 0 Å². The number of carbonyl (C=O) groups is 1. The average molecular weight is 689 g/mol. The summed E-state index contributed by atoms with van der Waals surface area (Å²) in [6.07, 6.45) is 6.26. The molecule has 0 aliphatic carbocycles. The number of aromatic nitrogens is 3. The van der Waals surface area contributed by atoms with Gasteiger partial charge >= 0.3 is 0 Å². The minimum atomic E-state index is -0.451. The van der Waals surface area contributed by atoms with E-state index in [9.17, 15) is 4.79 Å². The van der Waals surface area contributed by atoms with Gasteiger partial charge in [-0.3, -0.25) is 9.78 Å². The zero-order chi connectivity index (χ0) is 35.2. The number of piperidine rings is 1. The molecule has 3 aromatic carbocycles. The number of imidazole rings is 1. The third-order valence-electron chi connectivity index (χ3n) is 10.6. The van der Waals surface area contributed by atoms with Crippen LogP contribution in [0.5, 0.6) is 17.2 Å². The van der Waals surface area contributed by atoms with E-state index < -0.39 is 5.41 Å². The molecular weight excluding hydrogens is 640 g/mol. The van der Waals surface area contributed by atoms with Crippen molar-refractivity contribution >= 4 is 22.9 Å².